The van der Waals surface area contributed by atoms with Crippen molar-refractivity contribution in [3.05, 3.63) is 53.7 Å². The summed E-state index contributed by atoms with van der Waals surface area (Å²) in [7, 11) is 3.21. The summed E-state index contributed by atoms with van der Waals surface area (Å²) < 4.78 is 10.1. The quantitative estimate of drug-likeness (QED) is 0.852. The molecule has 5 nitrogen and oxygen atoms in total. The average molecular weight is 300 g/mol. The number of ether oxygens (including phenoxy) is 2. The molecule has 1 N–H and O–H groups in total. The second-order valence-electron chi connectivity index (χ2n) is 4.83. The van der Waals surface area contributed by atoms with E-state index in [9.17, 15) is 4.79 Å². The third-order valence-corrected chi connectivity index (χ3v) is 3.30. The lowest BCUT2D eigenvalue weighted by Gasteiger charge is -2.06. The number of hydrogen-bond acceptors (Lipinski definition) is 4. The lowest BCUT2D eigenvalue weighted by molar-refractivity contribution is -0.121. The summed E-state index contributed by atoms with van der Waals surface area (Å²) in [6.07, 6.45) is 2.86. The Kier molecular flexibility index (Phi) is 5.77. The molecule has 0 saturated carbocycles. The second kappa shape index (κ2) is 8.02. The number of nitrogens with one attached hydrogen (secondary N) is 1. The number of hydrogen-bond donors (Lipinski definition) is 1. The molecule has 2 aromatic rings. The smallest absolute Gasteiger partial charge is 0.220 e. The van der Waals surface area contributed by atoms with E-state index in [1.807, 2.05) is 30.3 Å². The molecule has 0 atom stereocenters. The molecule has 0 fully saturated rings. The minimum atomic E-state index is 0.0200. The number of pyridine rings is 1. The van der Waals surface area contributed by atoms with Crippen molar-refractivity contribution in [2.75, 3.05) is 14.2 Å². The third kappa shape index (κ3) is 4.77. The number of nitrogens with zero attached hydrogens (tertiary/aromatic N) is 1. The molecule has 1 aromatic heterocycles. The SMILES string of the molecule is COc1ccc(CCC(=O)NCc2ccc(OC)nc2)cc1. The van der Waals surface area contributed by atoms with Gasteiger partial charge in [-0.3, -0.25) is 4.79 Å². The maximum atomic E-state index is 11.9. The molecule has 116 valence electrons. The van der Waals surface area contributed by atoms with Gasteiger partial charge in [-0.25, -0.2) is 4.98 Å². The fraction of sp³-hybridized carbons (Fsp3) is 0.294. The van der Waals surface area contributed by atoms with Crippen molar-refractivity contribution in [2.45, 2.75) is 19.4 Å². The zero-order chi connectivity index (χ0) is 15.8. The van der Waals surface area contributed by atoms with E-state index >= 15 is 0 Å². The van der Waals surface area contributed by atoms with Crippen molar-refractivity contribution < 1.29 is 14.3 Å². The van der Waals surface area contributed by atoms with Crippen LogP contribution in [-0.2, 0) is 17.8 Å². The van der Waals surface area contributed by atoms with Crippen LogP contribution in [0.15, 0.2) is 42.6 Å². The van der Waals surface area contributed by atoms with E-state index in [2.05, 4.69) is 10.3 Å². The first kappa shape index (κ1) is 15.8. The molecule has 0 unspecified atom stereocenters. The van der Waals surface area contributed by atoms with Crippen LogP contribution >= 0.6 is 0 Å². The molecule has 1 aromatic carbocycles. The van der Waals surface area contributed by atoms with Gasteiger partial charge >= 0.3 is 0 Å². The van der Waals surface area contributed by atoms with Gasteiger partial charge in [0.2, 0.25) is 11.8 Å². The molecule has 0 aliphatic heterocycles. The summed E-state index contributed by atoms with van der Waals surface area (Å²) in [5, 5.41) is 2.88. The van der Waals surface area contributed by atoms with Gasteiger partial charge in [0, 0.05) is 25.2 Å². The minimum Gasteiger partial charge on any atom is -0.497 e. The monoisotopic (exact) mass is 300 g/mol. The lowest BCUT2D eigenvalue weighted by Crippen LogP contribution is -2.23. The molecule has 5 heteroatoms. The van der Waals surface area contributed by atoms with E-state index in [-0.39, 0.29) is 5.91 Å². The molecular formula is C17H20N2O3. The van der Waals surface area contributed by atoms with Crippen LogP contribution in [0, 0.1) is 0 Å². The number of methoxy groups -OCH3 is 2. The highest BCUT2D eigenvalue weighted by Gasteiger charge is 2.03. The number of carbonyl (C=O) groups excluding carboxylic acids is 1. The van der Waals surface area contributed by atoms with Crippen molar-refractivity contribution >= 4 is 5.91 Å². The van der Waals surface area contributed by atoms with Crippen molar-refractivity contribution in [1.82, 2.24) is 10.3 Å². The Labute approximate surface area is 130 Å². The van der Waals surface area contributed by atoms with Crippen molar-refractivity contribution in [3.63, 3.8) is 0 Å². The molecule has 0 aliphatic carbocycles. The van der Waals surface area contributed by atoms with Crippen molar-refractivity contribution in [2.24, 2.45) is 0 Å². The summed E-state index contributed by atoms with van der Waals surface area (Å²) >= 11 is 0. The Balaban J connectivity index is 1.74. The topological polar surface area (TPSA) is 60.5 Å². The van der Waals surface area contributed by atoms with E-state index in [4.69, 9.17) is 9.47 Å². The van der Waals surface area contributed by atoms with Gasteiger partial charge in [0.05, 0.1) is 14.2 Å². The van der Waals surface area contributed by atoms with Crippen LogP contribution in [0.3, 0.4) is 0 Å². The molecule has 2 rings (SSSR count). The summed E-state index contributed by atoms with van der Waals surface area (Å²) in [5.74, 6) is 1.40. The molecular weight excluding hydrogens is 280 g/mol. The Morgan fingerprint density at radius 3 is 2.36 bits per heavy atom. The Morgan fingerprint density at radius 1 is 1.05 bits per heavy atom. The highest BCUT2D eigenvalue weighted by molar-refractivity contribution is 5.76. The maximum Gasteiger partial charge on any atom is 0.220 e. The maximum absolute atomic E-state index is 11.9. The molecule has 0 saturated heterocycles. The molecule has 0 aliphatic rings. The summed E-state index contributed by atoms with van der Waals surface area (Å²) in [4.78, 5) is 16.0. The van der Waals surface area contributed by atoms with E-state index in [0.29, 0.717) is 25.3 Å². The molecule has 0 bridgehead atoms. The van der Waals surface area contributed by atoms with Gasteiger partial charge in [-0.1, -0.05) is 18.2 Å². The van der Waals surface area contributed by atoms with Crippen LogP contribution in [0.25, 0.3) is 0 Å². The lowest BCUT2D eigenvalue weighted by atomic mass is 10.1. The number of rotatable bonds is 7. The zero-order valence-corrected chi connectivity index (χ0v) is 12.8. The van der Waals surface area contributed by atoms with E-state index in [1.54, 1.807) is 26.5 Å². The fourth-order valence-electron chi connectivity index (χ4n) is 1.98. The van der Waals surface area contributed by atoms with Crippen LogP contribution in [0.4, 0.5) is 0 Å². The van der Waals surface area contributed by atoms with Crippen LogP contribution < -0.4 is 14.8 Å². The Morgan fingerprint density at radius 2 is 1.77 bits per heavy atom. The van der Waals surface area contributed by atoms with Gasteiger partial charge in [0.25, 0.3) is 0 Å². The first-order valence-corrected chi connectivity index (χ1v) is 7.10. The average Bonchev–Trinajstić information content (AvgIpc) is 2.59. The molecule has 0 spiro atoms. The standard InChI is InChI=1S/C17H20N2O3/c1-21-15-7-3-13(4-8-15)5-9-16(20)18-11-14-6-10-17(22-2)19-12-14/h3-4,6-8,10,12H,5,9,11H2,1-2H3,(H,18,20). The number of benzene rings is 1. The fourth-order valence-corrected chi connectivity index (χ4v) is 1.98. The van der Waals surface area contributed by atoms with Crippen LogP contribution in [0.2, 0.25) is 0 Å². The van der Waals surface area contributed by atoms with E-state index in [0.717, 1.165) is 16.9 Å². The first-order valence-electron chi connectivity index (χ1n) is 7.10. The second-order valence-corrected chi connectivity index (χ2v) is 4.83. The molecule has 0 radical (unpaired) electrons. The minimum absolute atomic E-state index is 0.0200. The van der Waals surface area contributed by atoms with Crippen LogP contribution in [0.1, 0.15) is 17.5 Å². The van der Waals surface area contributed by atoms with Gasteiger partial charge in [-0.15, -0.1) is 0 Å². The van der Waals surface area contributed by atoms with Gasteiger partial charge in [0.15, 0.2) is 0 Å². The van der Waals surface area contributed by atoms with Crippen LogP contribution in [0.5, 0.6) is 11.6 Å². The summed E-state index contributed by atoms with van der Waals surface area (Å²) in [6, 6.07) is 11.4. The van der Waals surface area contributed by atoms with Gasteiger partial charge in [-0.2, -0.15) is 0 Å². The van der Waals surface area contributed by atoms with E-state index < -0.39 is 0 Å². The summed E-state index contributed by atoms with van der Waals surface area (Å²) in [6.45, 7) is 0.471. The number of aromatic nitrogens is 1. The predicted molar refractivity (Wildman–Crippen MR) is 84.0 cm³/mol. The van der Waals surface area contributed by atoms with Crippen molar-refractivity contribution in [3.8, 4) is 11.6 Å². The molecule has 1 amide bonds. The Bertz CT molecular complexity index is 541. The number of amides is 1. The van der Waals surface area contributed by atoms with Gasteiger partial charge in [-0.05, 0) is 29.7 Å². The zero-order valence-electron chi connectivity index (χ0n) is 12.8. The predicted octanol–water partition coefficient (Wildman–Crippen LogP) is 2.35. The van der Waals surface area contributed by atoms with Crippen molar-refractivity contribution in [1.29, 1.82) is 0 Å². The highest BCUT2D eigenvalue weighted by atomic mass is 16.5. The summed E-state index contributed by atoms with van der Waals surface area (Å²) in [5.41, 5.74) is 2.06. The first-order chi connectivity index (χ1) is 10.7. The third-order valence-electron chi connectivity index (χ3n) is 3.30. The molecule has 22 heavy (non-hydrogen) atoms. The van der Waals surface area contributed by atoms with E-state index in [1.165, 1.54) is 0 Å². The van der Waals surface area contributed by atoms with Gasteiger partial charge in [0.1, 0.15) is 5.75 Å². The normalized spacial score (nSPS) is 10.1. The van der Waals surface area contributed by atoms with Crippen LogP contribution in [-0.4, -0.2) is 25.1 Å². The Hall–Kier alpha value is -2.56. The molecule has 1 heterocycles. The largest absolute Gasteiger partial charge is 0.497 e. The highest BCUT2D eigenvalue weighted by Crippen LogP contribution is 2.12. The number of carbonyl (C=O) groups is 1. The number of aryl methyl sites for hydroxylation is 1. The van der Waals surface area contributed by atoms with Gasteiger partial charge < -0.3 is 14.8 Å².